The third-order valence-corrected chi connectivity index (χ3v) is 1.19. The molecule has 0 rings (SSSR count). The molecule has 3 heteroatoms. The number of hydrogen-bond acceptors (Lipinski definition) is 1. The molecule has 42 valence electrons. The minimum absolute atomic E-state index is 0.441. The lowest BCUT2D eigenvalue weighted by Crippen LogP contribution is -2.22. The summed E-state index contributed by atoms with van der Waals surface area (Å²) in [6, 6.07) is 0. The SMILES string of the molecule is CC[C@@H](Cl)C(N)=O. The zero-order chi connectivity index (χ0) is 5.86. The second-order valence-corrected chi connectivity index (χ2v) is 1.80. The van der Waals surface area contributed by atoms with Crippen molar-refractivity contribution in [3.05, 3.63) is 0 Å². The van der Waals surface area contributed by atoms with E-state index in [-0.39, 0.29) is 0 Å². The summed E-state index contributed by atoms with van der Waals surface area (Å²) in [5.41, 5.74) is 4.78. The molecule has 0 aromatic rings. The Balaban J connectivity index is 3.34. The van der Waals surface area contributed by atoms with Crippen molar-refractivity contribution in [1.29, 1.82) is 0 Å². The molecule has 0 fully saturated rings. The average molecular weight is 122 g/mol. The Morgan fingerprint density at radius 3 is 2.43 bits per heavy atom. The van der Waals surface area contributed by atoms with Crippen molar-refractivity contribution in [3.8, 4) is 0 Å². The second-order valence-electron chi connectivity index (χ2n) is 1.28. The summed E-state index contributed by atoms with van der Waals surface area (Å²) in [7, 11) is 0. The summed E-state index contributed by atoms with van der Waals surface area (Å²) in [6.45, 7) is 1.81. The fraction of sp³-hybridized carbons (Fsp3) is 0.750. The molecule has 0 aromatic heterocycles. The number of carbonyl (C=O) groups excluding carboxylic acids is 1. The standard InChI is InChI=1S/C4H8ClNO/c1-2-3(5)4(6)7/h3H,2H2,1H3,(H2,6,7)/t3-/m1/s1. The number of rotatable bonds is 2. The second kappa shape index (κ2) is 2.86. The lowest BCUT2D eigenvalue weighted by Gasteiger charge is -1.95. The Morgan fingerprint density at radius 1 is 2.00 bits per heavy atom. The predicted octanol–water partition coefficient (Wildman–Crippen LogP) is 0.489. The van der Waals surface area contributed by atoms with Crippen LogP contribution in [0.4, 0.5) is 0 Å². The zero-order valence-electron chi connectivity index (χ0n) is 4.15. The summed E-state index contributed by atoms with van der Waals surface area (Å²) in [5.74, 6) is -0.441. The summed E-state index contributed by atoms with van der Waals surface area (Å²) >= 11 is 5.33. The molecule has 0 aliphatic heterocycles. The van der Waals surface area contributed by atoms with Crippen LogP contribution in [0.15, 0.2) is 0 Å². The number of carbonyl (C=O) groups is 1. The van der Waals surface area contributed by atoms with Crippen LogP contribution in [-0.4, -0.2) is 11.3 Å². The predicted molar refractivity (Wildman–Crippen MR) is 29.1 cm³/mol. The Kier molecular flexibility index (Phi) is 2.76. The lowest BCUT2D eigenvalue weighted by atomic mass is 10.3. The molecular weight excluding hydrogens is 114 g/mol. The van der Waals surface area contributed by atoms with Crippen LogP contribution in [0.2, 0.25) is 0 Å². The topological polar surface area (TPSA) is 43.1 Å². The molecule has 2 N–H and O–H groups in total. The molecule has 0 bridgehead atoms. The number of nitrogens with two attached hydrogens (primary N) is 1. The van der Waals surface area contributed by atoms with Crippen molar-refractivity contribution in [2.75, 3.05) is 0 Å². The first kappa shape index (κ1) is 6.76. The van der Waals surface area contributed by atoms with Crippen molar-refractivity contribution in [2.24, 2.45) is 5.73 Å². The Bertz CT molecular complexity index is 74.1. The van der Waals surface area contributed by atoms with Crippen molar-refractivity contribution in [1.82, 2.24) is 0 Å². The van der Waals surface area contributed by atoms with E-state index in [1.807, 2.05) is 6.92 Å². The highest BCUT2D eigenvalue weighted by atomic mass is 35.5. The summed E-state index contributed by atoms with van der Waals surface area (Å²) in [6.07, 6.45) is 0.608. The molecule has 7 heavy (non-hydrogen) atoms. The van der Waals surface area contributed by atoms with Crippen molar-refractivity contribution >= 4 is 17.5 Å². The highest BCUT2D eigenvalue weighted by molar-refractivity contribution is 6.30. The summed E-state index contributed by atoms with van der Waals surface area (Å²) in [4.78, 5) is 10.0. The number of halogens is 1. The highest BCUT2D eigenvalue weighted by Gasteiger charge is 2.05. The molecule has 0 spiro atoms. The molecule has 0 aromatic carbocycles. The van der Waals surface area contributed by atoms with Crippen LogP contribution >= 0.6 is 11.6 Å². The van der Waals surface area contributed by atoms with E-state index in [1.54, 1.807) is 0 Å². The third kappa shape index (κ3) is 2.45. The van der Waals surface area contributed by atoms with E-state index < -0.39 is 11.3 Å². The van der Waals surface area contributed by atoms with Gasteiger partial charge in [0.15, 0.2) is 0 Å². The molecule has 0 heterocycles. The minimum Gasteiger partial charge on any atom is -0.368 e. The Labute approximate surface area is 47.6 Å². The maximum atomic E-state index is 10.0. The molecule has 0 radical (unpaired) electrons. The fourth-order valence-electron chi connectivity index (χ4n) is 0.201. The normalized spacial score (nSPS) is 13.4. The van der Waals surface area contributed by atoms with Gasteiger partial charge in [0.25, 0.3) is 0 Å². The van der Waals surface area contributed by atoms with Gasteiger partial charge in [-0.05, 0) is 6.42 Å². The van der Waals surface area contributed by atoms with Crippen molar-refractivity contribution in [3.63, 3.8) is 0 Å². The maximum absolute atomic E-state index is 10.0. The van der Waals surface area contributed by atoms with Gasteiger partial charge in [-0.2, -0.15) is 0 Å². The van der Waals surface area contributed by atoms with Crippen LogP contribution in [0, 0.1) is 0 Å². The van der Waals surface area contributed by atoms with Gasteiger partial charge in [-0.3, -0.25) is 4.79 Å². The largest absolute Gasteiger partial charge is 0.368 e. The Morgan fingerprint density at radius 2 is 2.43 bits per heavy atom. The molecule has 0 saturated heterocycles. The van der Waals surface area contributed by atoms with Crippen LogP contribution in [0.5, 0.6) is 0 Å². The molecule has 0 aliphatic carbocycles. The molecule has 1 atom stereocenters. The molecule has 1 amide bonds. The van der Waals surface area contributed by atoms with Crippen LogP contribution in [-0.2, 0) is 4.79 Å². The van der Waals surface area contributed by atoms with Crippen LogP contribution < -0.4 is 5.73 Å². The van der Waals surface area contributed by atoms with E-state index in [9.17, 15) is 4.79 Å². The minimum atomic E-state index is -0.486. The van der Waals surface area contributed by atoms with Crippen LogP contribution in [0.25, 0.3) is 0 Å². The van der Waals surface area contributed by atoms with Gasteiger partial charge >= 0.3 is 0 Å². The average Bonchev–Trinajstić information content (AvgIpc) is 1.65. The van der Waals surface area contributed by atoms with E-state index in [4.69, 9.17) is 17.3 Å². The first-order chi connectivity index (χ1) is 3.18. The smallest absolute Gasteiger partial charge is 0.235 e. The Hall–Kier alpha value is -0.240. The van der Waals surface area contributed by atoms with Gasteiger partial charge in [0.2, 0.25) is 5.91 Å². The first-order valence-electron chi connectivity index (χ1n) is 2.12. The van der Waals surface area contributed by atoms with Crippen LogP contribution in [0.1, 0.15) is 13.3 Å². The fourth-order valence-corrected chi connectivity index (χ4v) is 0.201. The van der Waals surface area contributed by atoms with Gasteiger partial charge < -0.3 is 5.73 Å². The molecule has 2 nitrogen and oxygen atoms in total. The van der Waals surface area contributed by atoms with Gasteiger partial charge in [-0.1, -0.05) is 6.92 Å². The molecule has 0 saturated carbocycles. The van der Waals surface area contributed by atoms with Gasteiger partial charge in [0, 0.05) is 0 Å². The van der Waals surface area contributed by atoms with Gasteiger partial charge in [0.05, 0.1) is 0 Å². The quantitative estimate of drug-likeness (QED) is 0.531. The lowest BCUT2D eigenvalue weighted by molar-refractivity contribution is -0.117. The van der Waals surface area contributed by atoms with E-state index >= 15 is 0 Å². The van der Waals surface area contributed by atoms with E-state index in [0.717, 1.165) is 0 Å². The van der Waals surface area contributed by atoms with Crippen molar-refractivity contribution in [2.45, 2.75) is 18.7 Å². The van der Waals surface area contributed by atoms with Gasteiger partial charge in [0.1, 0.15) is 5.38 Å². The van der Waals surface area contributed by atoms with E-state index in [2.05, 4.69) is 0 Å². The van der Waals surface area contributed by atoms with E-state index in [0.29, 0.717) is 6.42 Å². The number of hydrogen-bond donors (Lipinski definition) is 1. The van der Waals surface area contributed by atoms with Crippen LogP contribution in [0.3, 0.4) is 0 Å². The summed E-state index contributed by atoms with van der Waals surface area (Å²) in [5, 5.41) is -0.486. The summed E-state index contributed by atoms with van der Waals surface area (Å²) < 4.78 is 0. The van der Waals surface area contributed by atoms with Crippen molar-refractivity contribution < 1.29 is 4.79 Å². The van der Waals surface area contributed by atoms with Gasteiger partial charge in [-0.25, -0.2) is 0 Å². The number of amides is 1. The van der Waals surface area contributed by atoms with Gasteiger partial charge in [-0.15, -0.1) is 11.6 Å². The third-order valence-electron chi connectivity index (χ3n) is 0.667. The first-order valence-corrected chi connectivity index (χ1v) is 2.55. The van der Waals surface area contributed by atoms with E-state index in [1.165, 1.54) is 0 Å². The monoisotopic (exact) mass is 121 g/mol. The number of alkyl halides is 1. The molecule has 0 aliphatic rings. The molecule has 0 unspecified atom stereocenters. The number of primary amides is 1. The highest BCUT2D eigenvalue weighted by Crippen LogP contribution is 1.97. The molecular formula is C4H8ClNO. The zero-order valence-corrected chi connectivity index (χ0v) is 4.90. The maximum Gasteiger partial charge on any atom is 0.235 e.